The van der Waals surface area contributed by atoms with Crippen molar-refractivity contribution in [1.29, 1.82) is 0 Å². The molecule has 0 saturated carbocycles. The summed E-state index contributed by atoms with van der Waals surface area (Å²) in [7, 11) is 0. The van der Waals surface area contributed by atoms with Crippen molar-refractivity contribution < 1.29 is 9.48 Å². The first kappa shape index (κ1) is 18.0. The Morgan fingerprint density at radius 2 is 1.96 bits per heavy atom. The number of amides is 1. The predicted octanol–water partition coefficient (Wildman–Crippen LogP) is 0.752. The fourth-order valence-corrected chi connectivity index (χ4v) is 3.40. The number of azo groups is 1. The Morgan fingerprint density at radius 3 is 2.69 bits per heavy atom. The molecule has 0 radical (unpaired) electrons. The van der Waals surface area contributed by atoms with Gasteiger partial charge < -0.3 is 11.5 Å². The highest BCUT2D eigenvalue weighted by molar-refractivity contribution is 7.98. The lowest BCUT2D eigenvalue weighted by atomic mass is 10.0. The average Bonchev–Trinajstić information content (AvgIpc) is 3.01. The fraction of sp³-hybridized carbons (Fsp3) is 0.235. The quantitative estimate of drug-likeness (QED) is 0.488. The van der Waals surface area contributed by atoms with Crippen LogP contribution in [0, 0.1) is 0 Å². The molecule has 26 heavy (non-hydrogen) atoms. The summed E-state index contributed by atoms with van der Waals surface area (Å²) in [4.78, 5) is 15.1. The van der Waals surface area contributed by atoms with Crippen LogP contribution in [0.2, 0.25) is 0 Å². The number of hydrazone groups is 1. The highest BCUT2D eigenvalue weighted by atomic mass is 32.2. The molecule has 0 aliphatic carbocycles. The lowest BCUT2D eigenvalue weighted by molar-refractivity contribution is -0.546. The average molecular weight is 370 g/mol. The van der Waals surface area contributed by atoms with Crippen molar-refractivity contribution in [2.75, 3.05) is 0 Å². The molecule has 134 valence electrons. The van der Waals surface area contributed by atoms with Crippen molar-refractivity contribution >= 4 is 23.5 Å². The molecule has 1 amide bonds. The zero-order valence-electron chi connectivity index (χ0n) is 14.0. The van der Waals surface area contributed by atoms with Gasteiger partial charge in [-0.3, -0.25) is 15.6 Å². The summed E-state index contributed by atoms with van der Waals surface area (Å²) >= 11 is 1.56. The first-order valence-corrected chi connectivity index (χ1v) is 9.06. The number of thioether (sulfide) groups is 1. The van der Waals surface area contributed by atoms with E-state index in [1.807, 2.05) is 36.4 Å². The minimum absolute atomic E-state index is 0.297. The Bertz CT molecular complexity index is 853. The first-order chi connectivity index (χ1) is 12.5. The molecule has 9 heteroatoms. The van der Waals surface area contributed by atoms with Crippen LogP contribution in [-0.2, 0) is 17.0 Å². The zero-order chi connectivity index (χ0) is 18.5. The Hall–Kier alpha value is -2.78. The second-order valence-corrected chi connectivity index (χ2v) is 6.90. The zero-order valence-corrected chi connectivity index (χ0v) is 14.8. The summed E-state index contributed by atoms with van der Waals surface area (Å²) in [6.07, 6.45) is 3.79. The molecule has 1 aromatic heterocycles. The largest absolute Gasteiger partial charge is 0.378 e. The summed E-state index contributed by atoms with van der Waals surface area (Å²) < 4.78 is 1.55. The van der Waals surface area contributed by atoms with E-state index in [-0.39, 0.29) is 5.50 Å². The normalized spacial score (nSPS) is 17.5. The van der Waals surface area contributed by atoms with Crippen molar-refractivity contribution in [3.8, 4) is 0 Å². The van der Waals surface area contributed by atoms with Crippen molar-refractivity contribution in [1.82, 2.24) is 4.98 Å². The smallest absolute Gasteiger partial charge is 0.368 e. The molecule has 3 rings (SSSR count). The van der Waals surface area contributed by atoms with Crippen molar-refractivity contribution in [2.24, 2.45) is 27.5 Å². The molecule has 1 aromatic carbocycles. The van der Waals surface area contributed by atoms with E-state index in [0.717, 1.165) is 16.7 Å². The van der Waals surface area contributed by atoms with Crippen molar-refractivity contribution in [2.45, 2.75) is 23.7 Å². The Labute approximate surface area is 155 Å². The molecule has 0 spiro atoms. The maximum Gasteiger partial charge on any atom is 0.378 e. The standard InChI is InChI=1S/C17H19N7OS/c18-14(15(19)25)9-11-2-1-3-12(8-11)10-26-17-23-22-16(24(17)20)13-4-6-21-7-5-13/h1-8,14,17H,9-10,18H2,(H3-,19,20,21,23,25)/p+1. The van der Waals surface area contributed by atoms with E-state index in [1.54, 1.807) is 28.8 Å². The van der Waals surface area contributed by atoms with Crippen LogP contribution in [0.5, 0.6) is 0 Å². The predicted molar refractivity (Wildman–Crippen MR) is 100 cm³/mol. The Balaban J connectivity index is 1.64. The van der Waals surface area contributed by atoms with Crippen LogP contribution in [-0.4, -0.2) is 33.0 Å². The van der Waals surface area contributed by atoms with Crippen LogP contribution < -0.4 is 17.3 Å². The van der Waals surface area contributed by atoms with E-state index in [0.29, 0.717) is 18.0 Å². The highest BCUT2D eigenvalue weighted by Gasteiger charge is 2.31. The van der Waals surface area contributed by atoms with Crippen molar-refractivity contribution in [3.05, 3.63) is 65.5 Å². The summed E-state index contributed by atoms with van der Waals surface area (Å²) in [5.41, 5.74) is 13.6. The van der Waals surface area contributed by atoms with E-state index in [2.05, 4.69) is 15.2 Å². The van der Waals surface area contributed by atoms with Crippen LogP contribution in [0.1, 0.15) is 16.7 Å². The van der Waals surface area contributed by atoms with E-state index in [9.17, 15) is 4.79 Å². The highest BCUT2D eigenvalue weighted by Crippen LogP contribution is 2.24. The number of hydrogen-bond acceptors (Lipinski definition) is 7. The van der Waals surface area contributed by atoms with Gasteiger partial charge in [0.25, 0.3) is 5.50 Å². The molecule has 2 aromatic rings. The van der Waals surface area contributed by atoms with Crippen LogP contribution in [0.15, 0.2) is 59.0 Å². The van der Waals surface area contributed by atoms with Gasteiger partial charge in [0.1, 0.15) is 0 Å². The van der Waals surface area contributed by atoms with Gasteiger partial charge >= 0.3 is 5.84 Å². The van der Waals surface area contributed by atoms with E-state index >= 15 is 0 Å². The maximum atomic E-state index is 11.1. The van der Waals surface area contributed by atoms with Gasteiger partial charge in [-0.05, 0) is 34.8 Å². The molecule has 0 fully saturated rings. The van der Waals surface area contributed by atoms with E-state index < -0.39 is 11.9 Å². The first-order valence-electron chi connectivity index (χ1n) is 8.01. The third-order valence-corrected chi connectivity index (χ3v) is 5.00. The number of nitrogens with zero attached hydrogens (tertiary/aromatic N) is 4. The number of carbonyl (C=O) groups is 1. The minimum atomic E-state index is -0.682. The minimum Gasteiger partial charge on any atom is -0.368 e. The lowest BCUT2D eigenvalue weighted by Gasteiger charge is -2.09. The van der Waals surface area contributed by atoms with Gasteiger partial charge in [0, 0.05) is 18.1 Å². The summed E-state index contributed by atoms with van der Waals surface area (Å²) in [6, 6.07) is 10.9. The number of primary amides is 1. The third kappa shape index (κ3) is 4.24. The number of amidine groups is 1. The van der Waals surface area contributed by atoms with Crippen LogP contribution in [0.4, 0.5) is 0 Å². The molecule has 2 unspecified atom stereocenters. The molecule has 2 heterocycles. The topological polar surface area (TPSA) is 136 Å². The number of hydrogen-bond donors (Lipinski definition) is 3. The molecule has 6 N–H and O–H groups in total. The van der Waals surface area contributed by atoms with Gasteiger partial charge in [-0.25, -0.2) is 0 Å². The van der Waals surface area contributed by atoms with Gasteiger partial charge in [-0.2, -0.15) is 0 Å². The Kier molecular flexibility index (Phi) is 5.59. The summed E-state index contributed by atoms with van der Waals surface area (Å²) in [5.74, 6) is 6.95. The molecular weight excluding hydrogens is 350 g/mol. The number of aromatic nitrogens is 1. The molecule has 0 bridgehead atoms. The SMILES string of the molecule is NC(=O)C(N)Cc1cccc(CSC2N=NC(c3ccncc3)=[N+]2N)c1. The molecule has 1 aliphatic rings. The van der Waals surface area contributed by atoms with E-state index in [4.69, 9.17) is 17.3 Å². The molecular formula is C17H20N7OS+. The summed E-state index contributed by atoms with van der Waals surface area (Å²) in [5, 5.41) is 8.42. The maximum absolute atomic E-state index is 11.1. The van der Waals surface area contributed by atoms with Crippen LogP contribution in [0.25, 0.3) is 0 Å². The summed E-state index contributed by atoms with van der Waals surface area (Å²) in [6.45, 7) is 0. The number of benzene rings is 1. The second kappa shape index (κ2) is 8.07. The molecule has 2 atom stereocenters. The molecule has 0 saturated heterocycles. The monoisotopic (exact) mass is 370 g/mol. The number of rotatable bonds is 7. The number of carbonyl (C=O) groups excluding carboxylic acids is 1. The number of nitrogens with two attached hydrogens (primary N) is 3. The molecule has 8 nitrogen and oxygen atoms in total. The van der Waals surface area contributed by atoms with Crippen LogP contribution in [0.3, 0.4) is 0 Å². The van der Waals surface area contributed by atoms with Gasteiger partial charge in [-0.15, -0.1) is 4.68 Å². The molecule has 1 aliphatic heterocycles. The van der Waals surface area contributed by atoms with E-state index in [1.165, 1.54) is 0 Å². The van der Waals surface area contributed by atoms with Crippen molar-refractivity contribution in [3.63, 3.8) is 0 Å². The van der Waals surface area contributed by atoms with Gasteiger partial charge in [0.15, 0.2) is 0 Å². The second-order valence-electron chi connectivity index (χ2n) is 5.85. The fourth-order valence-electron chi connectivity index (χ4n) is 2.51. The van der Waals surface area contributed by atoms with Gasteiger partial charge in [0.2, 0.25) is 5.91 Å². The number of pyridine rings is 1. The van der Waals surface area contributed by atoms with Crippen LogP contribution >= 0.6 is 11.8 Å². The Morgan fingerprint density at radius 1 is 1.23 bits per heavy atom. The third-order valence-electron chi connectivity index (χ3n) is 3.88. The number of hydrazine groups is 1. The lowest BCUT2D eigenvalue weighted by Crippen LogP contribution is -2.38. The van der Waals surface area contributed by atoms with Gasteiger partial charge in [-0.1, -0.05) is 36.0 Å². The van der Waals surface area contributed by atoms with Gasteiger partial charge in [0.05, 0.1) is 16.7 Å².